The van der Waals surface area contributed by atoms with Gasteiger partial charge in [0, 0.05) is 87.8 Å². The smallest absolute Gasteiger partial charge is 0.0561 e. The second-order valence-electron chi connectivity index (χ2n) is 19.0. The molecule has 14 rings (SSSR count). The average molecular weight is 977 g/mol. The lowest BCUT2D eigenvalue weighted by atomic mass is 10.0. The van der Waals surface area contributed by atoms with Crippen LogP contribution in [-0.2, 0) is 0 Å². The Balaban J connectivity index is 0.920. The highest BCUT2D eigenvalue weighted by molar-refractivity contribution is 7.25. The van der Waals surface area contributed by atoms with E-state index < -0.39 is 0 Å². The third-order valence-electron chi connectivity index (χ3n) is 14.5. The van der Waals surface area contributed by atoms with Gasteiger partial charge >= 0.3 is 0 Å². The van der Waals surface area contributed by atoms with Crippen molar-refractivity contribution in [3.8, 4) is 16.8 Å². The van der Waals surface area contributed by atoms with Crippen molar-refractivity contribution < 1.29 is 0 Å². The molecule has 0 unspecified atom stereocenters. The van der Waals surface area contributed by atoms with E-state index in [-0.39, 0.29) is 0 Å². The molecule has 0 aliphatic rings. The molecule has 0 N–H and O–H groups in total. The van der Waals surface area contributed by atoms with E-state index in [1.165, 1.54) is 52.8 Å². The summed E-state index contributed by atoms with van der Waals surface area (Å²) in [6.45, 7) is 0. The maximum absolute atomic E-state index is 2.45. The highest BCUT2D eigenvalue weighted by Crippen LogP contribution is 2.46. The molecule has 5 heteroatoms. The Bertz CT molecular complexity index is 4300. The van der Waals surface area contributed by atoms with E-state index in [4.69, 9.17) is 0 Å². The molecule has 0 saturated carbocycles. The molecule has 2 heterocycles. The van der Waals surface area contributed by atoms with Gasteiger partial charge in [-0.1, -0.05) is 158 Å². The summed E-state index contributed by atoms with van der Waals surface area (Å²) in [5.41, 5.74) is 15.7. The highest BCUT2D eigenvalue weighted by atomic mass is 32.1. The Morgan fingerprint density at radius 1 is 0.240 bits per heavy atom. The van der Waals surface area contributed by atoms with Gasteiger partial charge in [0.1, 0.15) is 0 Å². The molecule has 0 atom stereocenters. The van der Waals surface area contributed by atoms with Crippen LogP contribution in [0.4, 0.5) is 51.2 Å². The minimum Gasteiger partial charge on any atom is -0.310 e. The van der Waals surface area contributed by atoms with Crippen LogP contribution in [0.3, 0.4) is 0 Å². The average Bonchev–Trinajstić information content (AvgIpc) is 4.01. The van der Waals surface area contributed by atoms with E-state index in [9.17, 15) is 0 Å². The van der Waals surface area contributed by atoms with Gasteiger partial charge in [-0.2, -0.15) is 0 Å². The summed E-state index contributed by atoms with van der Waals surface area (Å²) in [5, 5.41) is 7.27. The molecule has 75 heavy (non-hydrogen) atoms. The van der Waals surface area contributed by atoms with Crippen LogP contribution in [0.25, 0.3) is 69.6 Å². The summed E-state index contributed by atoms with van der Waals surface area (Å²) < 4.78 is 4.96. The molecule has 0 aliphatic carbocycles. The lowest BCUT2D eigenvalue weighted by Gasteiger charge is -2.26. The van der Waals surface area contributed by atoms with Crippen LogP contribution in [0.15, 0.2) is 291 Å². The third kappa shape index (κ3) is 8.04. The second-order valence-corrected chi connectivity index (χ2v) is 20.1. The first-order valence-corrected chi connectivity index (χ1v) is 26.3. The normalized spacial score (nSPS) is 11.5. The van der Waals surface area contributed by atoms with Crippen LogP contribution in [0.5, 0.6) is 0 Å². The Hall–Kier alpha value is -9.68. The molecule has 0 radical (unpaired) electrons. The number of para-hydroxylation sites is 4. The predicted octanol–water partition coefficient (Wildman–Crippen LogP) is 20.4. The summed E-state index contributed by atoms with van der Waals surface area (Å²) in [6, 6.07) is 106. The van der Waals surface area contributed by atoms with E-state index in [2.05, 4.69) is 310 Å². The summed E-state index contributed by atoms with van der Waals surface area (Å²) in [7, 11) is 0. The number of hydrogen-bond acceptors (Lipinski definition) is 4. The molecule has 14 aromatic rings. The van der Waals surface area contributed by atoms with Crippen molar-refractivity contribution >= 4 is 115 Å². The van der Waals surface area contributed by atoms with E-state index >= 15 is 0 Å². The van der Waals surface area contributed by atoms with Crippen molar-refractivity contribution in [1.82, 2.24) is 4.57 Å². The zero-order valence-corrected chi connectivity index (χ0v) is 41.7. The van der Waals surface area contributed by atoms with Gasteiger partial charge in [-0.25, -0.2) is 0 Å². The summed E-state index contributed by atoms with van der Waals surface area (Å²) >= 11 is 1.85. The third-order valence-corrected chi connectivity index (χ3v) is 15.6. The number of thiophene rings is 1. The fraction of sp³-hybridized carbons (Fsp3) is 0. The maximum Gasteiger partial charge on any atom is 0.0561 e. The standard InChI is InChI=1S/C70H48N4S/c1-6-18-49(19-7-1)51-30-33-57(34-31-51)72(55-26-12-4-13-27-55)61-36-40-63-65-45-59(38-42-67(65)74(68(63)47-61)58-35-32-50-20-16-17-21-52(50)44-58)73(56-28-14-5-15-29-56)60-39-43-69-66(46-60)64-41-37-62(48-70(64)75-69)71(53-22-8-2-9-23-53)54-24-10-3-11-25-54/h1-48H. The second kappa shape index (κ2) is 18.7. The first kappa shape index (κ1) is 44.1. The fourth-order valence-corrected chi connectivity index (χ4v) is 12.1. The number of nitrogens with zero attached hydrogens (tertiary/aromatic N) is 4. The van der Waals surface area contributed by atoms with Crippen LogP contribution in [0, 0.1) is 0 Å². The van der Waals surface area contributed by atoms with Crippen LogP contribution in [0.1, 0.15) is 0 Å². The molecule has 0 bridgehead atoms. The van der Waals surface area contributed by atoms with Gasteiger partial charge in [0.15, 0.2) is 0 Å². The Kier molecular flexibility index (Phi) is 11.0. The van der Waals surface area contributed by atoms with Crippen LogP contribution in [0.2, 0.25) is 0 Å². The molecule has 2 aromatic heterocycles. The molecule has 4 nitrogen and oxygen atoms in total. The monoisotopic (exact) mass is 976 g/mol. The minimum atomic E-state index is 1.08. The first-order chi connectivity index (χ1) is 37.2. The minimum absolute atomic E-state index is 1.08. The SMILES string of the molecule is c1ccc(-c2ccc(N(c3ccccc3)c3ccc4c5cc(N(c6ccccc6)c6ccc7sc8cc(N(c9ccccc9)c9ccccc9)ccc8c7c6)ccc5n(-c5ccc6ccccc6c5)c4c3)cc2)cc1. The predicted molar refractivity (Wildman–Crippen MR) is 321 cm³/mol. The summed E-state index contributed by atoms with van der Waals surface area (Å²) in [5.74, 6) is 0. The van der Waals surface area contributed by atoms with Gasteiger partial charge in [0.05, 0.1) is 11.0 Å². The van der Waals surface area contributed by atoms with E-state index in [1.807, 2.05) is 11.3 Å². The van der Waals surface area contributed by atoms with Crippen LogP contribution < -0.4 is 14.7 Å². The Morgan fingerprint density at radius 3 is 1.29 bits per heavy atom. The van der Waals surface area contributed by atoms with Crippen molar-refractivity contribution in [1.29, 1.82) is 0 Å². The highest BCUT2D eigenvalue weighted by Gasteiger charge is 2.22. The number of rotatable bonds is 11. The maximum atomic E-state index is 2.45. The number of hydrogen-bond donors (Lipinski definition) is 0. The van der Waals surface area contributed by atoms with Gasteiger partial charge in [-0.15, -0.1) is 11.3 Å². The molecule has 0 amide bonds. The number of aromatic nitrogens is 1. The quantitative estimate of drug-likeness (QED) is 0.128. The van der Waals surface area contributed by atoms with Gasteiger partial charge in [-0.3, -0.25) is 0 Å². The van der Waals surface area contributed by atoms with E-state index in [0.717, 1.165) is 67.9 Å². The number of anilines is 9. The van der Waals surface area contributed by atoms with E-state index in [0.29, 0.717) is 0 Å². The van der Waals surface area contributed by atoms with Gasteiger partial charge in [0.25, 0.3) is 0 Å². The van der Waals surface area contributed by atoms with Gasteiger partial charge < -0.3 is 19.3 Å². The molecule has 0 saturated heterocycles. The largest absolute Gasteiger partial charge is 0.310 e. The molecule has 12 aromatic carbocycles. The molecule has 0 spiro atoms. The summed E-state index contributed by atoms with van der Waals surface area (Å²) in [6.07, 6.45) is 0. The lowest BCUT2D eigenvalue weighted by Crippen LogP contribution is -2.10. The van der Waals surface area contributed by atoms with E-state index in [1.54, 1.807) is 0 Å². The zero-order valence-electron chi connectivity index (χ0n) is 40.9. The van der Waals surface area contributed by atoms with Crippen molar-refractivity contribution in [3.05, 3.63) is 291 Å². The van der Waals surface area contributed by atoms with Crippen LogP contribution >= 0.6 is 11.3 Å². The van der Waals surface area contributed by atoms with Gasteiger partial charge in [-0.05, 0) is 155 Å². The number of benzene rings is 12. The lowest BCUT2D eigenvalue weighted by molar-refractivity contribution is 1.18. The topological polar surface area (TPSA) is 14.7 Å². The Morgan fingerprint density at radius 2 is 0.680 bits per heavy atom. The zero-order chi connectivity index (χ0) is 49.7. The van der Waals surface area contributed by atoms with Crippen molar-refractivity contribution in [2.75, 3.05) is 14.7 Å². The first-order valence-electron chi connectivity index (χ1n) is 25.5. The molecular formula is C70H48N4S. The molecule has 0 aliphatic heterocycles. The summed E-state index contributed by atoms with van der Waals surface area (Å²) in [4.78, 5) is 7.12. The Labute approximate surface area is 440 Å². The van der Waals surface area contributed by atoms with Crippen LogP contribution in [-0.4, -0.2) is 4.57 Å². The fourth-order valence-electron chi connectivity index (χ4n) is 11.0. The van der Waals surface area contributed by atoms with Gasteiger partial charge in [0.2, 0.25) is 0 Å². The van der Waals surface area contributed by atoms with Crippen molar-refractivity contribution in [3.63, 3.8) is 0 Å². The molecule has 0 fully saturated rings. The van der Waals surface area contributed by atoms with Crippen molar-refractivity contribution in [2.24, 2.45) is 0 Å². The molecular weight excluding hydrogens is 929 g/mol. The number of fused-ring (bicyclic) bond motifs is 7. The van der Waals surface area contributed by atoms with Crippen molar-refractivity contribution in [2.45, 2.75) is 0 Å². The molecule has 354 valence electrons.